The first-order valence-corrected chi connectivity index (χ1v) is 49.0. The third-order valence-corrected chi connectivity index (χ3v) is 29.2. The minimum Gasteiger partial charge on any atom is -0.310 e. The van der Waals surface area contributed by atoms with Gasteiger partial charge in [0.05, 0.1) is 51.6 Å². The summed E-state index contributed by atoms with van der Waals surface area (Å²) in [6.45, 7) is 63.7. The predicted octanol–water partition coefficient (Wildman–Crippen LogP) is 34.4. The Balaban J connectivity index is 1.01. The average molecular weight is 1780 g/mol. The second-order valence-corrected chi connectivity index (χ2v) is 47.0. The minimum absolute atomic E-state index is 0.122. The molecular formula is C130H125BN6. The lowest BCUT2D eigenvalue weighted by atomic mass is 9.33. The number of benzene rings is 16. The summed E-state index contributed by atoms with van der Waals surface area (Å²) in [6.07, 6.45) is 0. The van der Waals surface area contributed by atoms with Crippen LogP contribution in [0.3, 0.4) is 0 Å². The predicted molar refractivity (Wildman–Crippen MR) is 588 cm³/mol. The van der Waals surface area contributed by atoms with E-state index in [1.54, 1.807) is 0 Å². The first kappa shape index (κ1) is 90.6. The molecule has 18 aromatic rings. The number of nitrogens with zero attached hydrogens (tertiary/aromatic N) is 6. The van der Waals surface area contributed by atoms with Crippen molar-refractivity contribution in [3.05, 3.63) is 383 Å². The molecule has 0 amide bonds. The molecule has 137 heavy (non-hydrogen) atoms. The monoisotopic (exact) mass is 1780 g/mol. The van der Waals surface area contributed by atoms with Crippen LogP contribution in [0.25, 0.3) is 138 Å². The van der Waals surface area contributed by atoms with Gasteiger partial charge in [0.15, 0.2) is 5.69 Å². The van der Waals surface area contributed by atoms with E-state index in [0.717, 1.165) is 162 Å². The fourth-order valence-corrected chi connectivity index (χ4v) is 21.0. The first-order valence-electron chi connectivity index (χ1n) is 49.0. The fourth-order valence-electron chi connectivity index (χ4n) is 21.0. The number of rotatable bonds is 11. The standard InChI is InChI=1S/C130H125BN6/c1-123(2,3)91-47-41-84(42-48-91)102-67-88(82-39-37-80(79-132)38-40-82)69-104(86-33-29-35-93(65-86)125(7,8)9)121(102)136-116-77-100(134-112-61-51-95(127(13,14)15)73-106(112)107-74-96(128(16,17)18)52-62-113(107)134)57-59-110(116)131-111-60-58-101(135-114-63-53-97(129(19,20)21)75-108(114)109-76-98(130(22,23)24)54-64-115(109)135)78-117(111)137(119-72-90(71-118(136)120(119)131)81-31-27-26-28-32-81)122-103(85-43-49-92(50-44-85)124(4,5)6)68-89(83-45-55-99(133-25)56-46-83)70-105(122)87-34-30-36-94(66-87)126(10,11)12/h26-78H,1-24H3. The summed E-state index contributed by atoms with van der Waals surface area (Å²) in [5.41, 5.74) is 41.1. The molecule has 0 bridgehead atoms. The van der Waals surface area contributed by atoms with Crippen molar-refractivity contribution in [1.29, 1.82) is 5.26 Å². The Bertz CT molecular complexity index is 7400. The zero-order valence-electron chi connectivity index (χ0n) is 84.4. The van der Waals surface area contributed by atoms with Crippen molar-refractivity contribution < 1.29 is 0 Å². The minimum atomic E-state index is -0.406. The van der Waals surface area contributed by atoms with E-state index < -0.39 is 6.71 Å². The van der Waals surface area contributed by atoms with Crippen LogP contribution in [0.1, 0.15) is 216 Å². The van der Waals surface area contributed by atoms with Crippen molar-refractivity contribution in [2.24, 2.45) is 0 Å². The second-order valence-electron chi connectivity index (χ2n) is 47.0. The van der Waals surface area contributed by atoms with Crippen LogP contribution < -0.4 is 26.2 Å². The van der Waals surface area contributed by atoms with Crippen molar-refractivity contribution in [2.75, 3.05) is 9.80 Å². The maximum atomic E-state index is 10.5. The molecular weight excluding hydrogens is 1660 g/mol. The van der Waals surface area contributed by atoms with Gasteiger partial charge in [0.25, 0.3) is 6.71 Å². The highest BCUT2D eigenvalue weighted by Crippen LogP contribution is 2.58. The molecule has 2 aliphatic rings. The topological polar surface area (TPSA) is 44.5 Å². The zero-order chi connectivity index (χ0) is 96.6. The maximum Gasteiger partial charge on any atom is 0.252 e. The lowest BCUT2D eigenvalue weighted by Crippen LogP contribution is -2.61. The molecule has 20 rings (SSSR count). The quantitative estimate of drug-likeness (QED) is 0.0958. The molecule has 0 spiro atoms. The Labute approximate surface area is 812 Å². The zero-order valence-corrected chi connectivity index (χ0v) is 84.4. The third-order valence-electron chi connectivity index (χ3n) is 29.2. The lowest BCUT2D eigenvalue weighted by Gasteiger charge is -2.46. The summed E-state index contributed by atoms with van der Waals surface area (Å²) in [5, 5.41) is 15.4. The van der Waals surface area contributed by atoms with Gasteiger partial charge in [-0.15, -0.1) is 0 Å². The fraction of sp³-hybridized carbons (Fsp3) is 0.246. The molecule has 0 N–H and O–H groups in total. The van der Waals surface area contributed by atoms with Gasteiger partial charge in [0.1, 0.15) is 0 Å². The number of anilines is 6. The summed E-state index contributed by atoms with van der Waals surface area (Å²) in [5.74, 6) is 0. The van der Waals surface area contributed by atoms with Crippen molar-refractivity contribution in [2.45, 2.75) is 209 Å². The normalized spacial score (nSPS) is 13.2. The summed E-state index contributed by atoms with van der Waals surface area (Å²) in [7, 11) is 0. The van der Waals surface area contributed by atoms with Crippen molar-refractivity contribution in [1.82, 2.24) is 9.13 Å². The molecule has 678 valence electrons. The van der Waals surface area contributed by atoms with E-state index in [0.29, 0.717) is 11.3 Å². The second kappa shape index (κ2) is 32.8. The van der Waals surface area contributed by atoms with Gasteiger partial charge in [-0.3, -0.25) is 0 Å². The van der Waals surface area contributed by atoms with Crippen LogP contribution in [0.5, 0.6) is 0 Å². The summed E-state index contributed by atoms with van der Waals surface area (Å²) in [4.78, 5) is 9.44. The molecule has 0 saturated carbocycles. The molecule has 0 unspecified atom stereocenters. The van der Waals surface area contributed by atoms with Crippen LogP contribution in [-0.2, 0) is 43.3 Å². The van der Waals surface area contributed by atoms with E-state index in [1.807, 2.05) is 24.3 Å². The molecule has 0 saturated heterocycles. The number of hydrogen-bond donors (Lipinski definition) is 0. The third kappa shape index (κ3) is 16.3. The number of fused-ring (bicyclic) bond motifs is 10. The van der Waals surface area contributed by atoms with Gasteiger partial charge in [0, 0.05) is 77.9 Å². The first-order chi connectivity index (χ1) is 64.9. The molecule has 0 aliphatic carbocycles. The van der Waals surface area contributed by atoms with Gasteiger partial charge in [-0.05, 0) is 281 Å². The van der Waals surface area contributed by atoms with Gasteiger partial charge in [-0.25, -0.2) is 4.85 Å². The van der Waals surface area contributed by atoms with Crippen LogP contribution in [-0.4, -0.2) is 15.8 Å². The molecule has 16 aromatic carbocycles. The largest absolute Gasteiger partial charge is 0.310 e. The Morgan fingerprint density at radius 1 is 0.248 bits per heavy atom. The highest BCUT2D eigenvalue weighted by Gasteiger charge is 2.47. The SMILES string of the molecule is [C-]#[N+]c1ccc(-c2cc(-c3ccc(C(C)(C)C)cc3)c(N3c4cc(-n5c6ccc(C(C)(C)C)cc6c6cc(C(C)(C)C)ccc65)ccc4B4c5ccc(-n6c7ccc(C(C)(C)C)cc7c7cc(C(C)(C)C)ccc76)cc5N(c5c(-c6ccc(C(C)(C)C)cc6)cc(-c6ccc(C#N)cc6)cc5-c5cccc(C(C)(C)C)c5)c5cc(-c6ccccc6)cc3c54)c(-c3cccc(C(C)(C)C)c3)c2)cc1. The van der Waals surface area contributed by atoms with Crippen LogP contribution in [0.4, 0.5) is 39.8 Å². The van der Waals surface area contributed by atoms with E-state index in [-0.39, 0.29) is 43.3 Å². The molecule has 0 atom stereocenters. The van der Waals surface area contributed by atoms with Gasteiger partial charge in [-0.2, -0.15) is 5.26 Å². The summed E-state index contributed by atoms with van der Waals surface area (Å²) >= 11 is 0. The number of hydrogen-bond acceptors (Lipinski definition) is 3. The molecule has 2 aromatic heterocycles. The van der Waals surface area contributed by atoms with E-state index in [9.17, 15) is 5.26 Å². The van der Waals surface area contributed by atoms with Crippen LogP contribution in [0.2, 0.25) is 0 Å². The van der Waals surface area contributed by atoms with Crippen molar-refractivity contribution in [3.8, 4) is 95.3 Å². The van der Waals surface area contributed by atoms with E-state index in [2.05, 4.69) is 493 Å². The van der Waals surface area contributed by atoms with Gasteiger partial charge in [-0.1, -0.05) is 366 Å². The van der Waals surface area contributed by atoms with E-state index in [1.165, 1.54) is 66.1 Å². The molecule has 6 nitrogen and oxygen atoms in total. The molecule has 4 heterocycles. The van der Waals surface area contributed by atoms with Crippen molar-refractivity contribution in [3.63, 3.8) is 0 Å². The molecule has 0 radical (unpaired) electrons. The number of aromatic nitrogens is 2. The van der Waals surface area contributed by atoms with E-state index >= 15 is 0 Å². The highest BCUT2D eigenvalue weighted by atomic mass is 15.2. The van der Waals surface area contributed by atoms with Gasteiger partial charge >= 0.3 is 0 Å². The molecule has 2 aliphatic heterocycles. The van der Waals surface area contributed by atoms with Crippen molar-refractivity contribution >= 4 is 107 Å². The average Bonchev–Trinajstić information content (AvgIpc) is 1.44. The van der Waals surface area contributed by atoms with Crippen LogP contribution in [0.15, 0.2) is 322 Å². The summed E-state index contributed by atoms with van der Waals surface area (Å²) < 4.78 is 5.13. The van der Waals surface area contributed by atoms with Crippen LogP contribution in [0, 0.1) is 17.9 Å². The molecule has 0 fully saturated rings. The Kier molecular flexibility index (Phi) is 21.7. The Morgan fingerprint density at radius 3 is 0.869 bits per heavy atom. The smallest absolute Gasteiger partial charge is 0.252 e. The lowest BCUT2D eigenvalue weighted by molar-refractivity contribution is 0.590. The maximum absolute atomic E-state index is 10.5. The Morgan fingerprint density at radius 2 is 0.540 bits per heavy atom. The highest BCUT2D eigenvalue weighted by molar-refractivity contribution is 7.00. The van der Waals surface area contributed by atoms with Crippen LogP contribution >= 0.6 is 0 Å². The van der Waals surface area contributed by atoms with E-state index in [4.69, 9.17) is 6.57 Å². The summed E-state index contributed by atoms with van der Waals surface area (Å²) in [6, 6.07) is 127. The Hall–Kier alpha value is -14.2. The number of nitriles is 1. The van der Waals surface area contributed by atoms with Gasteiger partial charge < -0.3 is 18.9 Å². The van der Waals surface area contributed by atoms with Gasteiger partial charge in [0.2, 0.25) is 0 Å². The molecule has 7 heteroatoms.